The summed E-state index contributed by atoms with van der Waals surface area (Å²) in [5, 5.41) is 0. The molecule has 2 saturated heterocycles. The highest BCUT2D eigenvalue weighted by molar-refractivity contribution is 5.43. The first-order chi connectivity index (χ1) is 9.70. The standard InChI is InChI=1S/C18H25NO/c1-13-3-4-14-12-16-7-10-20-18(16,17(14)11-13)15-5-8-19(2)9-6-15/h3-4,11,15-16H,5-10,12H2,1-2H3. The summed E-state index contributed by atoms with van der Waals surface area (Å²) in [6, 6.07) is 7.03. The van der Waals surface area contributed by atoms with Crippen molar-refractivity contribution in [2.45, 2.75) is 38.2 Å². The van der Waals surface area contributed by atoms with Gasteiger partial charge in [0, 0.05) is 6.61 Å². The SMILES string of the molecule is Cc1ccc2c(c1)C1(C3CCN(C)CC3)OCCC1C2. The summed E-state index contributed by atoms with van der Waals surface area (Å²) in [5.41, 5.74) is 4.53. The third-order valence-electron chi connectivity index (χ3n) is 5.89. The van der Waals surface area contributed by atoms with Gasteiger partial charge < -0.3 is 9.64 Å². The van der Waals surface area contributed by atoms with Crippen LogP contribution >= 0.6 is 0 Å². The molecule has 4 rings (SSSR count). The molecule has 2 fully saturated rings. The molecule has 0 bridgehead atoms. The predicted molar refractivity (Wildman–Crippen MR) is 80.8 cm³/mol. The molecule has 0 aromatic heterocycles. The smallest absolute Gasteiger partial charge is 0.0994 e. The van der Waals surface area contributed by atoms with Crippen LogP contribution in [0.2, 0.25) is 0 Å². The zero-order valence-electron chi connectivity index (χ0n) is 12.7. The van der Waals surface area contributed by atoms with Crippen LogP contribution in [0, 0.1) is 18.8 Å². The summed E-state index contributed by atoms with van der Waals surface area (Å²) < 4.78 is 6.50. The number of hydrogen-bond donors (Lipinski definition) is 0. The van der Waals surface area contributed by atoms with E-state index in [-0.39, 0.29) is 5.60 Å². The van der Waals surface area contributed by atoms with Crippen molar-refractivity contribution in [3.05, 3.63) is 34.9 Å². The number of hydrogen-bond acceptors (Lipinski definition) is 2. The van der Waals surface area contributed by atoms with Crippen LogP contribution in [0.3, 0.4) is 0 Å². The molecular formula is C18H25NO. The van der Waals surface area contributed by atoms with Gasteiger partial charge in [-0.1, -0.05) is 23.8 Å². The average molecular weight is 271 g/mol. The fourth-order valence-corrected chi connectivity index (χ4v) is 4.86. The zero-order valence-corrected chi connectivity index (χ0v) is 12.7. The Morgan fingerprint density at radius 2 is 1.95 bits per heavy atom. The molecule has 108 valence electrons. The third kappa shape index (κ3) is 1.71. The van der Waals surface area contributed by atoms with Crippen LogP contribution in [-0.4, -0.2) is 31.6 Å². The molecule has 0 radical (unpaired) electrons. The summed E-state index contributed by atoms with van der Waals surface area (Å²) in [4.78, 5) is 2.46. The molecule has 1 aromatic rings. The first kappa shape index (κ1) is 12.8. The molecule has 0 amide bonds. The van der Waals surface area contributed by atoms with Crippen molar-refractivity contribution in [3.63, 3.8) is 0 Å². The van der Waals surface area contributed by atoms with Crippen molar-refractivity contribution < 1.29 is 4.74 Å². The predicted octanol–water partition coefficient (Wildman–Crippen LogP) is 3.12. The van der Waals surface area contributed by atoms with Gasteiger partial charge in [-0.05, 0) is 75.7 Å². The van der Waals surface area contributed by atoms with E-state index in [4.69, 9.17) is 4.74 Å². The molecule has 2 aliphatic heterocycles. The van der Waals surface area contributed by atoms with Crippen LogP contribution in [0.15, 0.2) is 18.2 Å². The molecule has 0 N–H and O–H groups in total. The van der Waals surface area contributed by atoms with Crippen molar-refractivity contribution in [2.24, 2.45) is 11.8 Å². The van der Waals surface area contributed by atoms with E-state index in [2.05, 4.69) is 37.1 Å². The minimum absolute atomic E-state index is 0.0581. The first-order valence-corrected chi connectivity index (χ1v) is 8.12. The maximum absolute atomic E-state index is 6.50. The van der Waals surface area contributed by atoms with Crippen LogP contribution in [-0.2, 0) is 16.8 Å². The number of fused-ring (bicyclic) bond motifs is 3. The highest BCUT2D eigenvalue weighted by Gasteiger charge is 2.55. The summed E-state index contributed by atoms with van der Waals surface area (Å²) in [7, 11) is 2.24. The van der Waals surface area contributed by atoms with E-state index in [1.165, 1.54) is 49.9 Å². The van der Waals surface area contributed by atoms with Gasteiger partial charge in [-0.25, -0.2) is 0 Å². The molecule has 2 unspecified atom stereocenters. The lowest BCUT2D eigenvalue weighted by atomic mass is 9.72. The number of nitrogens with zero attached hydrogens (tertiary/aromatic N) is 1. The van der Waals surface area contributed by atoms with E-state index in [0.717, 1.165) is 12.5 Å². The largest absolute Gasteiger partial charge is 0.370 e. The van der Waals surface area contributed by atoms with Gasteiger partial charge in [0.05, 0.1) is 5.60 Å². The quantitative estimate of drug-likeness (QED) is 0.778. The molecule has 2 atom stereocenters. The summed E-state index contributed by atoms with van der Waals surface area (Å²) in [5.74, 6) is 1.45. The number of likely N-dealkylation sites (tertiary alicyclic amines) is 1. The number of benzene rings is 1. The molecule has 1 aromatic carbocycles. The molecule has 20 heavy (non-hydrogen) atoms. The Labute approximate surface area is 122 Å². The van der Waals surface area contributed by atoms with Crippen molar-refractivity contribution in [3.8, 4) is 0 Å². The van der Waals surface area contributed by atoms with Crippen LogP contribution in [0.4, 0.5) is 0 Å². The average Bonchev–Trinajstić information content (AvgIpc) is 2.97. The molecule has 1 aliphatic carbocycles. The highest BCUT2D eigenvalue weighted by Crippen LogP contribution is 2.56. The second kappa shape index (κ2) is 4.57. The lowest BCUT2D eigenvalue weighted by molar-refractivity contribution is -0.0837. The first-order valence-electron chi connectivity index (χ1n) is 8.12. The minimum atomic E-state index is 0.0581. The molecule has 3 aliphatic rings. The van der Waals surface area contributed by atoms with E-state index in [1.807, 2.05) is 0 Å². The summed E-state index contributed by atoms with van der Waals surface area (Å²) >= 11 is 0. The second-order valence-corrected chi connectivity index (χ2v) is 7.07. The molecule has 2 heterocycles. The lowest BCUT2D eigenvalue weighted by Crippen LogP contribution is -2.44. The van der Waals surface area contributed by atoms with Crippen molar-refractivity contribution in [1.82, 2.24) is 4.90 Å². The zero-order chi connectivity index (χ0) is 13.7. The third-order valence-corrected chi connectivity index (χ3v) is 5.89. The maximum atomic E-state index is 6.50. The Balaban J connectivity index is 1.76. The van der Waals surface area contributed by atoms with Gasteiger partial charge in [0.1, 0.15) is 0 Å². The molecular weight excluding hydrogens is 246 g/mol. The minimum Gasteiger partial charge on any atom is -0.370 e. The number of ether oxygens (including phenoxy) is 1. The Morgan fingerprint density at radius 1 is 1.15 bits per heavy atom. The van der Waals surface area contributed by atoms with E-state index in [0.29, 0.717) is 5.92 Å². The van der Waals surface area contributed by atoms with E-state index >= 15 is 0 Å². The summed E-state index contributed by atoms with van der Waals surface area (Å²) in [6.07, 6.45) is 5.07. The van der Waals surface area contributed by atoms with E-state index in [1.54, 1.807) is 5.56 Å². The van der Waals surface area contributed by atoms with E-state index in [9.17, 15) is 0 Å². The molecule has 0 spiro atoms. The Hall–Kier alpha value is -0.860. The molecule has 2 nitrogen and oxygen atoms in total. The number of aryl methyl sites for hydroxylation is 1. The van der Waals surface area contributed by atoms with Gasteiger partial charge in [0.25, 0.3) is 0 Å². The highest BCUT2D eigenvalue weighted by atomic mass is 16.5. The monoisotopic (exact) mass is 271 g/mol. The van der Waals surface area contributed by atoms with Gasteiger partial charge in [-0.2, -0.15) is 0 Å². The normalized spacial score (nSPS) is 34.2. The summed E-state index contributed by atoms with van der Waals surface area (Å²) in [6.45, 7) is 5.63. The Bertz CT molecular complexity index is 518. The fraction of sp³-hybridized carbons (Fsp3) is 0.667. The van der Waals surface area contributed by atoms with Crippen molar-refractivity contribution in [1.29, 1.82) is 0 Å². The van der Waals surface area contributed by atoms with Crippen LogP contribution in [0.25, 0.3) is 0 Å². The number of rotatable bonds is 1. The van der Waals surface area contributed by atoms with Crippen molar-refractivity contribution >= 4 is 0 Å². The van der Waals surface area contributed by atoms with Gasteiger partial charge >= 0.3 is 0 Å². The van der Waals surface area contributed by atoms with Gasteiger partial charge in [0.2, 0.25) is 0 Å². The lowest BCUT2D eigenvalue weighted by Gasteiger charge is -2.42. The van der Waals surface area contributed by atoms with Crippen LogP contribution in [0.1, 0.15) is 36.0 Å². The Morgan fingerprint density at radius 3 is 2.75 bits per heavy atom. The van der Waals surface area contributed by atoms with Gasteiger partial charge in [-0.3, -0.25) is 0 Å². The maximum Gasteiger partial charge on any atom is 0.0994 e. The van der Waals surface area contributed by atoms with Crippen LogP contribution in [0.5, 0.6) is 0 Å². The van der Waals surface area contributed by atoms with Crippen molar-refractivity contribution in [2.75, 3.05) is 26.7 Å². The fourth-order valence-electron chi connectivity index (χ4n) is 4.86. The van der Waals surface area contributed by atoms with Crippen LogP contribution < -0.4 is 0 Å². The van der Waals surface area contributed by atoms with E-state index < -0.39 is 0 Å². The molecule has 2 heteroatoms. The van der Waals surface area contributed by atoms with Gasteiger partial charge in [0.15, 0.2) is 0 Å². The second-order valence-electron chi connectivity index (χ2n) is 7.07. The molecule has 0 saturated carbocycles. The Kier molecular flexibility index (Phi) is 2.94. The van der Waals surface area contributed by atoms with Gasteiger partial charge in [-0.15, -0.1) is 0 Å². The number of piperidine rings is 1. The topological polar surface area (TPSA) is 12.5 Å².